The maximum absolute atomic E-state index is 6.03. The monoisotopic (exact) mass is 183 g/mol. The number of hydrogen-bond acceptors (Lipinski definition) is 2. The molecule has 1 aliphatic carbocycles. The molecule has 13 heavy (non-hydrogen) atoms. The van der Waals surface area contributed by atoms with Crippen LogP contribution >= 0.6 is 0 Å². The summed E-state index contributed by atoms with van der Waals surface area (Å²) in [6.45, 7) is 5.53. The highest BCUT2D eigenvalue weighted by Crippen LogP contribution is 2.30. The molecule has 2 fully saturated rings. The fourth-order valence-electron chi connectivity index (χ4n) is 2.08. The van der Waals surface area contributed by atoms with Gasteiger partial charge < -0.3 is 10.1 Å². The number of nitrogens with one attached hydrogen (secondary N) is 1. The summed E-state index contributed by atoms with van der Waals surface area (Å²) in [6, 6.07) is 0. The maximum Gasteiger partial charge on any atom is 0.0678 e. The largest absolute Gasteiger partial charge is 0.375 e. The Kier molecular flexibility index (Phi) is 2.89. The zero-order valence-corrected chi connectivity index (χ0v) is 8.64. The van der Waals surface area contributed by atoms with Gasteiger partial charge in [-0.1, -0.05) is 6.42 Å². The van der Waals surface area contributed by atoms with Crippen LogP contribution in [0.25, 0.3) is 0 Å². The van der Waals surface area contributed by atoms with Crippen molar-refractivity contribution in [1.29, 1.82) is 0 Å². The van der Waals surface area contributed by atoms with Gasteiger partial charge >= 0.3 is 0 Å². The fourth-order valence-corrected chi connectivity index (χ4v) is 2.08. The van der Waals surface area contributed by atoms with Crippen molar-refractivity contribution in [3.63, 3.8) is 0 Å². The second kappa shape index (κ2) is 3.97. The van der Waals surface area contributed by atoms with Gasteiger partial charge in [-0.05, 0) is 51.6 Å². The van der Waals surface area contributed by atoms with E-state index in [4.69, 9.17) is 4.74 Å². The lowest BCUT2D eigenvalue weighted by atomic mass is 9.86. The second-order valence-electron chi connectivity index (χ2n) is 4.81. The molecule has 1 saturated heterocycles. The summed E-state index contributed by atoms with van der Waals surface area (Å²) >= 11 is 0. The van der Waals surface area contributed by atoms with Crippen LogP contribution in [0, 0.1) is 5.92 Å². The van der Waals surface area contributed by atoms with E-state index in [1.807, 2.05) is 0 Å². The predicted octanol–water partition coefficient (Wildman–Crippen LogP) is 1.95. The van der Waals surface area contributed by atoms with Gasteiger partial charge in [0.25, 0.3) is 0 Å². The first-order chi connectivity index (χ1) is 6.29. The van der Waals surface area contributed by atoms with Crippen molar-refractivity contribution in [3.8, 4) is 0 Å². The zero-order chi connectivity index (χ0) is 9.15. The van der Waals surface area contributed by atoms with Crippen molar-refractivity contribution in [2.75, 3.05) is 19.7 Å². The quantitative estimate of drug-likeness (QED) is 0.722. The van der Waals surface area contributed by atoms with Crippen molar-refractivity contribution in [2.45, 2.75) is 44.6 Å². The van der Waals surface area contributed by atoms with E-state index in [0.717, 1.165) is 25.6 Å². The highest BCUT2D eigenvalue weighted by molar-refractivity contribution is 4.82. The number of rotatable bonds is 3. The molecule has 0 aromatic carbocycles. The van der Waals surface area contributed by atoms with Crippen molar-refractivity contribution >= 4 is 0 Å². The standard InChI is InChI=1S/C11H21NO/c1-11(5-7-12-8-6-11)13-9-10-3-2-4-10/h10,12H,2-9H2,1H3. The fraction of sp³-hybridized carbons (Fsp3) is 1.00. The van der Waals surface area contributed by atoms with Gasteiger partial charge in [-0.15, -0.1) is 0 Å². The molecule has 1 aliphatic heterocycles. The van der Waals surface area contributed by atoms with Crippen molar-refractivity contribution in [2.24, 2.45) is 5.92 Å². The molecule has 0 bridgehead atoms. The Morgan fingerprint density at radius 1 is 1.31 bits per heavy atom. The molecule has 0 radical (unpaired) electrons. The topological polar surface area (TPSA) is 21.3 Å². The first kappa shape index (κ1) is 9.47. The molecule has 1 N–H and O–H groups in total. The second-order valence-corrected chi connectivity index (χ2v) is 4.81. The van der Waals surface area contributed by atoms with E-state index < -0.39 is 0 Å². The molecule has 0 spiro atoms. The average Bonchev–Trinajstić information content (AvgIpc) is 2.02. The third-order valence-electron chi connectivity index (χ3n) is 3.55. The van der Waals surface area contributed by atoms with Crippen LogP contribution in [0.5, 0.6) is 0 Å². The van der Waals surface area contributed by atoms with Gasteiger partial charge in [0.2, 0.25) is 0 Å². The highest BCUT2D eigenvalue weighted by Gasteiger charge is 2.29. The van der Waals surface area contributed by atoms with E-state index in [0.29, 0.717) is 0 Å². The molecular weight excluding hydrogens is 162 g/mol. The summed E-state index contributed by atoms with van der Waals surface area (Å²) in [7, 11) is 0. The molecule has 76 valence electrons. The van der Waals surface area contributed by atoms with Gasteiger partial charge in [0.1, 0.15) is 0 Å². The molecule has 0 atom stereocenters. The Labute approximate surface area is 81.0 Å². The first-order valence-electron chi connectivity index (χ1n) is 5.63. The summed E-state index contributed by atoms with van der Waals surface area (Å²) in [5.74, 6) is 0.881. The molecule has 0 amide bonds. The normalized spacial score (nSPS) is 28.4. The summed E-state index contributed by atoms with van der Waals surface area (Å²) in [4.78, 5) is 0. The molecule has 2 heteroatoms. The van der Waals surface area contributed by atoms with Crippen molar-refractivity contribution in [3.05, 3.63) is 0 Å². The van der Waals surface area contributed by atoms with E-state index in [2.05, 4.69) is 12.2 Å². The Morgan fingerprint density at radius 3 is 2.54 bits per heavy atom. The molecule has 1 heterocycles. The zero-order valence-electron chi connectivity index (χ0n) is 8.64. The molecular formula is C11H21NO. The third-order valence-corrected chi connectivity index (χ3v) is 3.55. The molecule has 0 unspecified atom stereocenters. The highest BCUT2D eigenvalue weighted by atomic mass is 16.5. The Hall–Kier alpha value is -0.0800. The van der Waals surface area contributed by atoms with Crippen molar-refractivity contribution < 1.29 is 4.74 Å². The summed E-state index contributed by atoms with van der Waals surface area (Å²) in [5.41, 5.74) is 0.181. The number of piperidine rings is 1. The maximum atomic E-state index is 6.03. The molecule has 2 nitrogen and oxygen atoms in total. The molecule has 0 aromatic rings. The smallest absolute Gasteiger partial charge is 0.0678 e. The summed E-state index contributed by atoms with van der Waals surface area (Å²) in [6.07, 6.45) is 6.58. The van der Waals surface area contributed by atoms with Crippen LogP contribution in [-0.2, 0) is 4.74 Å². The van der Waals surface area contributed by atoms with Crippen LogP contribution in [0.15, 0.2) is 0 Å². The molecule has 2 aliphatic rings. The van der Waals surface area contributed by atoms with Crippen LogP contribution in [-0.4, -0.2) is 25.3 Å². The van der Waals surface area contributed by atoms with Crippen LogP contribution in [0.2, 0.25) is 0 Å². The third kappa shape index (κ3) is 2.44. The number of ether oxygens (including phenoxy) is 1. The van der Waals surface area contributed by atoms with Gasteiger partial charge in [0.15, 0.2) is 0 Å². The minimum Gasteiger partial charge on any atom is -0.375 e. The van der Waals surface area contributed by atoms with E-state index in [9.17, 15) is 0 Å². The lowest BCUT2D eigenvalue weighted by Gasteiger charge is -2.37. The van der Waals surface area contributed by atoms with Crippen molar-refractivity contribution in [1.82, 2.24) is 5.32 Å². The van der Waals surface area contributed by atoms with E-state index in [1.165, 1.54) is 32.1 Å². The lowest BCUT2D eigenvalue weighted by Crippen LogP contribution is -2.42. The molecule has 2 rings (SSSR count). The summed E-state index contributed by atoms with van der Waals surface area (Å²) < 4.78 is 6.03. The summed E-state index contributed by atoms with van der Waals surface area (Å²) in [5, 5.41) is 3.38. The lowest BCUT2D eigenvalue weighted by molar-refractivity contribution is -0.0754. The van der Waals surface area contributed by atoms with Crippen LogP contribution in [0.3, 0.4) is 0 Å². The van der Waals surface area contributed by atoms with E-state index in [-0.39, 0.29) is 5.60 Å². The Bertz CT molecular complexity index is 159. The van der Waals surface area contributed by atoms with E-state index in [1.54, 1.807) is 0 Å². The van der Waals surface area contributed by atoms with Crippen LogP contribution < -0.4 is 5.32 Å². The number of hydrogen-bond donors (Lipinski definition) is 1. The molecule has 0 aromatic heterocycles. The van der Waals surface area contributed by atoms with Gasteiger partial charge in [0.05, 0.1) is 12.2 Å². The van der Waals surface area contributed by atoms with Gasteiger partial charge in [0, 0.05) is 0 Å². The minimum absolute atomic E-state index is 0.181. The van der Waals surface area contributed by atoms with Gasteiger partial charge in [-0.2, -0.15) is 0 Å². The first-order valence-corrected chi connectivity index (χ1v) is 5.63. The van der Waals surface area contributed by atoms with E-state index >= 15 is 0 Å². The van der Waals surface area contributed by atoms with Gasteiger partial charge in [-0.25, -0.2) is 0 Å². The SMILES string of the molecule is CC1(OCC2CCC2)CCNCC1. The Balaban J connectivity index is 1.71. The van der Waals surface area contributed by atoms with Crippen LogP contribution in [0.1, 0.15) is 39.0 Å². The van der Waals surface area contributed by atoms with Crippen LogP contribution in [0.4, 0.5) is 0 Å². The molecule has 1 saturated carbocycles. The van der Waals surface area contributed by atoms with Gasteiger partial charge in [-0.3, -0.25) is 0 Å². The minimum atomic E-state index is 0.181. The average molecular weight is 183 g/mol. The predicted molar refractivity (Wildman–Crippen MR) is 53.8 cm³/mol. The Morgan fingerprint density at radius 2 is 2.00 bits per heavy atom.